The summed E-state index contributed by atoms with van der Waals surface area (Å²) in [5.74, 6) is -2.43. The lowest BCUT2D eigenvalue weighted by Gasteiger charge is -2.31. The molecule has 0 bridgehead atoms. The normalized spacial score (nSPS) is 10.9. The molecule has 1 aromatic heterocycles. The van der Waals surface area contributed by atoms with Gasteiger partial charge in [-0.1, -0.05) is 96.8 Å². The molecule has 1 heterocycles. The maximum Gasteiger partial charge on any atom is 0.335 e. The van der Waals surface area contributed by atoms with Crippen LogP contribution < -0.4 is 0 Å². The largest absolute Gasteiger partial charge is 0.365 e. The molecule has 0 aliphatic heterocycles. The fourth-order valence-electron chi connectivity index (χ4n) is 3.37. The van der Waals surface area contributed by atoms with E-state index in [9.17, 15) is 26.3 Å². The average Bonchev–Trinajstić information content (AvgIpc) is 3.35. The molecule has 0 aromatic carbocycles. The molecule has 0 unspecified atom stereocenters. The number of unbranched alkanes of at least 4 members (excludes halogenated alkanes) is 14. The van der Waals surface area contributed by atoms with Crippen LogP contribution in [0.5, 0.6) is 0 Å². The van der Waals surface area contributed by atoms with Crippen molar-refractivity contribution in [1.82, 2.24) is 4.98 Å². The molecule has 13 heteroatoms. The van der Waals surface area contributed by atoms with Crippen molar-refractivity contribution >= 4 is 23.1 Å². The molecule has 0 fully saturated rings. The summed E-state index contributed by atoms with van der Waals surface area (Å²) in [7, 11) is 0. The number of rotatable bonds is 16. The van der Waals surface area contributed by atoms with Crippen molar-refractivity contribution in [1.29, 1.82) is 0 Å². The van der Waals surface area contributed by atoms with E-state index in [1.165, 1.54) is 108 Å². The van der Waals surface area contributed by atoms with Gasteiger partial charge in [0.1, 0.15) is 0 Å². The number of alkyl halides is 6. The summed E-state index contributed by atoms with van der Waals surface area (Å²) in [6.07, 6.45) is 14.4. The Balaban J connectivity index is -0.000000634. The van der Waals surface area contributed by atoms with Crippen LogP contribution in [-0.2, 0) is 29.6 Å². The first kappa shape index (κ1) is 41.0. The van der Waals surface area contributed by atoms with Gasteiger partial charge in [0.15, 0.2) is 0 Å². The number of nitrogens with one attached hydrogen (secondary N) is 1. The first-order chi connectivity index (χ1) is 17.9. The van der Waals surface area contributed by atoms with Crippen LogP contribution in [0.4, 0.5) is 26.3 Å². The van der Waals surface area contributed by atoms with Crippen LogP contribution in [0.3, 0.4) is 0 Å². The monoisotopic (exact) mass is 598 g/mol. The molecule has 1 N–H and O–H groups in total. The van der Waals surface area contributed by atoms with Gasteiger partial charge in [0.05, 0.1) is 0 Å². The molecule has 0 radical (unpaired) electrons. The van der Waals surface area contributed by atoms with Crippen molar-refractivity contribution in [2.45, 2.75) is 129 Å². The second kappa shape index (κ2) is 28.5. The van der Waals surface area contributed by atoms with Gasteiger partial charge in [0.2, 0.25) is 0 Å². The topological polar surface area (TPSA) is 84.1 Å². The van der Waals surface area contributed by atoms with E-state index in [2.05, 4.69) is 24.0 Å². The minimum Gasteiger partial charge on any atom is -0.365 e. The standard InChI is InChI=1S/C21H39N.C4H3F6.2O2S/c1-2-3-4-5-6-7-8-9-10-11-12-13-14-15-16-18-21-19-17-20-22-21;1-2(3(5,6)7)4(8,9)10;2*1-3-2/h17,19-20,22H,2-16,18H2,1H3;1H3;;/q;-1;;. The van der Waals surface area contributed by atoms with Crippen LogP contribution in [0.2, 0.25) is 0 Å². The first-order valence-electron chi connectivity index (χ1n) is 12.9. The Morgan fingerprint density at radius 1 is 0.658 bits per heavy atom. The van der Waals surface area contributed by atoms with E-state index >= 15 is 0 Å². The minimum atomic E-state index is -5.27. The third-order valence-corrected chi connectivity index (χ3v) is 5.56. The molecule has 38 heavy (non-hydrogen) atoms. The van der Waals surface area contributed by atoms with Gasteiger partial charge < -0.3 is 4.98 Å². The second-order valence-electron chi connectivity index (χ2n) is 8.65. The Kier molecular flexibility index (Phi) is 30.7. The molecule has 1 aromatic rings. The van der Waals surface area contributed by atoms with Crippen LogP contribution in [-0.4, -0.2) is 34.2 Å². The summed E-state index contributed by atoms with van der Waals surface area (Å²) in [5.41, 5.74) is 1.40. The maximum absolute atomic E-state index is 11.2. The molecule has 0 spiro atoms. The molecule has 0 aliphatic rings. The summed E-state index contributed by atoms with van der Waals surface area (Å²) in [5, 5.41) is 0. The predicted octanol–water partition coefficient (Wildman–Crippen LogP) is 8.79. The number of aromatic amines is 1. The highest BCUT2D eigenvalue weighted by atomic mass is 32.1. The first-order valence-corrected chi connectivity index (χ1v) is 14.2. The Hall–Kier alpha value is -1.50. The van der Waals surface area contributed by atoms with E-state index in [4.69, 9.17) is 16.8 Å². The van der Waals surface area contributed by atoms with Crippen molar-refractivity contribution in [3.05, 3.63) is 29.9 Å². The molecule has 1 rings (SSSR count). The number of hydrogen-bond donors (Lipinski definition) is 1. The number of H-pyrrole nitrogens is 1. The Morgan fingerprint density at radius 2 is 0.974 bits per heavy atom. The zero-order valence-corrected chi connectivity index (χ0v) is 23.9. The highest BCUT2D eigenvalue weighted by Gasteiger charge is 2.39. The molecule has 5 nitrogen and oxygen atoms in total. The summed E-state index contributed by atoms with van der Waals surface area (Å²) in [6, 6.07) is 4.30. The zero-order chi connectivity index (χ0) is 29.7. The van der Waals surface area contributed by atoms with Gasteiger partial charge in [0, 0.05) is 11.9 Å². The summed E-state index contributed by atoms with van der Waals surface area (Å²) < 4.78 is 100. The van der Waals surface area contributed by atoms with Gasteiger partial charge >= 0.3 is 23.1 Å². The molecular weight excluding hydrogens is 556 g/mol. The fraction of sp³-hybridized carbons (Fsp3) is 0.800. The number of aromatic nitrogens is 1. The van der Waals surface area contributed by atoms with E-state index in [1.54, 1.807) is 0 Å². The van der Waals surface area contributed by atoms with Crippen LogP contribution in [0, 0.1) is 5.92 Å². The zero-order valence-electron chi connectivity index (χ0n) is 22.3. The molecule has 0 saturated heterocycles. The molecular formula is C25H42F6NO4S2-. The second-order valence-corrected chi connectivity index (χ2v) is 8.92. The Labute approximate surface area is 230 Å². The number of hydrogen-bond acceptors (Lipinski definition) is 4. The van der Waals surface area contributed by atoms with E-state index in [0.717, 1.165) is 0 Å². The van der Waals surface area contributed by atoms with Gasteiger partial charge in [-0.15, -0.1) is 5.92 Å². The highest BCUT2D eigenvalue weighted by Crippen LogP contribution is 2.40. The quantitative estimate of drug-likeness (QED) is 0.117. The molecule has 0 amide bonds. The SMILES string of the molecule is CCCCCCCCCCCCCCCCCc1ccc[nH]1.C[C-](C(F)(F)F)C(F)(F)F.O=S=O.O=S=O. The van der Waals surface area contributed by atoms with E-state index < -0.39 is 41.4 Å². The molecule has 0 saturated carbocycles. The van der Waals surface area contributed by atoms with Gasteiger partial charge in [0.25, 0.3) is 12.4 Å². The van der Waals surface area contributed by atoms with Crippen molar-refractivity contribution < 1.29 is 43.2 Å². The van der Waals surface area contributed by atoms with Crippen molar-refractivity contribution in [3.8, 4) is 0 Å². The number of aryl methyl sites for hydroxylation is 1. The van der Waals surface area contributed by atoms with Gasteiger partial charge in [-0.2, -0.15) is 23.8 Å². The third-order valence-electron chi connectivity index (χ3n) is 5.56. The third kappa shape index (κ3) is 32.5. The van der Waals surface area contributed by atoms with Crippen molar-refractivity contribution in [3.63, 3.8) is 0 Å². The predicted molar refractivity (Wildman–Crippen MR) is 138 cm³/mol. The highest BCUT2D eigenvalue weighted by molar-refractivity contribution is 7.51. The lowest BCUT2D eigenvalue weighted by Crippen LogP contribution is -2.31. The van der Waals surface area contributed by atoms with Crippen LogP contribution >= 0.6 is 0 Å². The fourth-order valence-corrected chi connectivity index (χ4v) is 3.37. The molecule has 0 aliphatic carbocycles. The van der Waals surface area contributed by atoms with Crippen molar-refractivity contribution in [2.24, 2.45) is 0 Å². The van der Waals surface area contributed by atoms with Crippen LogP contribution in [0.15, 0.2) is 18.3 Å². The maximum atomic E-state index is 11.2. The smallest absolute Gasteiger partial charge is 0.335 e. The van der Waals surface area contributed by atoms with Gasteiger partial charge in [-0.25, -0.2) is 26.3 Å². The van der Waals surface area contributed by atoms with E-state index in [1.807, 2.05) is 6.20 Å². The summed E-state index contributed by atoms with van der Waals surface area (Å²) in [6.45, 7) is 2.29. The summed E-state index contributed by atoms with van der Waals surface area (Å²) >= 11 is -1.50. The van der Waals surface area contributed by atoms with Gasteiger partial charge in [-0.3, -0.25) is 0 Å². The van der Waals surface area contributed by atoms with Crippen molar-refractivity contribution in [2.75, 3.05) is 0 Å². The van der Waals surface area contributed by atoms with E-state index in [-0.39, 0.29) is 6.92 Å². The van der Waals surface area contributed by atoms with Gasteiger partial charge in [-0.05, 0) is 25.0 Å². The van der Waals surface area contributed by atoms with Crippen LogP contribution in [0.25, 0.3) is 0 Å². The Morgan fingerprint density at radius 3 is 1.21 bits per heavy atom. The number of halogens is 6. The molecule has 0 atom stereocenters. The van der Waals surface area contributed by atoms with E-state index in [0.29, 0.717) is 0 Å². The minimum absolute atomic E-state index is 0. The average molecular weight is 599 g/mol. The molecule has 226 valence electrons. The lowest BCUT2D eigenvalue weighted by molar-refractivity contribution is -0.202. The lowest BCUT2D eigenvalue weighted by atomic mass is 10.0. The Bertz CT molecular complexity index is 663. The summed E-state index contributed by atoms with van der Waals surface area (Å²) in [4.78, 5) is 3.29. The van der Waals surface area contributed by atoms with Crippen LogP contribution in [0.1, 0.15) is 116 Å².